The lowest BCUT2D eigenvalue weighted by Gasteiger charge is -2.31. The van der Waals surface area contributed by atoms with Crippen molar-refractivity contribution in [1.82, 2.24) is 0 Å². The van der Waals surface area contributed by atoms with Gasteiger partial charge in [-0.25, -0.2) is 0 Å². The fraction of sp³-hybridized carbons (Fsp3) is 1.00. The topological polar surface area (TPSA) is 0 Å². The Bertz CT molecular complexity index is 284. The molecule has 2 fully saturated rings. The molecule has 0 aromatic rings. The van der Waals surface area contributed by atoms with Crippen LogP contribution in [0.15, 0.2) is 0 Å². The van der Waals surface area contributed by atoms with Crippen LogP contribution in [0.3, 0.4) is 0 Å². The van der Waals surface area contributed by atoms with E-state index in [1.807, 2.05) is 0 Å². The molecule has 0 amide bonds. The van der Waals surface area contributed by atoms with Crippen molar-refractivity contribution in [1.29, 1.82) is 0 Å². The third-order valence-electron chi connectivity index (χ3n) is 7.29. The molecular formula is C25H48. The average molecular weight is 349 g/mol. The van der Waals surface area contributed by atoms with Gasteiger partial charge in [0.05, 0.1) is 0 Å². The monoisotopic (exact) mass is 348 g/mol. The molecule has 2 unspecified atom stereocenters. The van der Waals surface area contributed by atoms with E-state index >= 15 is 0 Å². The Balaban J connectivity index is 1.88. The van der Waals surface area contributed by atoms with Crippen molar-refractivity contribution >= 4 is 0 Å². The summed E-state index contributed by atoms with van der Waals surface area (Å²) in [5.74, 6) is 3.09. The largest absolute Gasteiger partial charge is 0.0625 e. The van der Waals surface area contributed by atoms with E-state index in [0.717, 1.165) is 17.8 Å². The average Bonchev–Trinajstić information content (AvgIpc) is 2.62. The molecule has 0 spiro atoms. The third-order valence-corrected chi connectivity index (χ3v) is 7.29. The Morgan fingerprint density at radius 2 is 0.680 bits per heavy atom. The minimum Gasteiger partial charge on any atom is -0.0625 e. The van der Waals surface area contributed by atoms with Gasteiger partial charge in [-0.3, -0.25) is 0 Å². The SMILES string of the molecule is CC1CCCCCCCCCCCC(C2CCCCCCCCC2)C1. The second-order valence-electron chi connectivity index (χ2n) is 9.67. The summed E-state index contributed by atoms with van der Waals surface area (Å²) in [6, 6.07) is 0. The number of rotatable bonds is 1. The summed E-state index contributed by atoms with van der Waals surface area (Å²) in [4.78, 5) is 0. The maximum atomic E-state index is 2.57. The van der Waals surface area contributed by atoms with Gasteiger partial charge in [0.1, 0.15) is 0 Å². The highest BCUT2D eigenvalue weighted by molar-refractivity contribution is 4.75. The molecule has 0 bridgehead atoms. The highest BCUT2D eigenvalue weighted by atomic mass is 14.3. The Kier molecular flexibility index (Phi) is 12.0. The molecule has 2 saturated carbocycles. The molecule has 0 radical (unpaired) electrons. The molecule has 2 aliphatic carbocycles. The molecule has 0 aliphatic heterocycles. The Morgan fingerprint density at radius 1 is 0.360 bits per heavy atom. The molecule has 0 saturated heterocycles. The van der Waals surface area contributed by atoms with Gasteiger partial charge in [0.25, 0.3) is 0 Å². The minimum absolute atomic E-state index is 0.975. The van der Waals surface area contributed by atoms with Crippen LogP contribution >= 0.6 is 0 Å². The standard InChI is InChI=1S/C25H48/c1-23-18-14-10-6-3-2-4-7-13-17-21-25(22-23)24-19-15-11-8-5-9-12-16-20-24/h23-25H,2-22H2,1H3. The van der Waals surface area contributed by atoms with Crippen molar-refractivity contribution in [2.45, 2.75) is 142 Å². The first-order valence-electron chi connectivity index (χ1n) is 12.4. The zero-order valence-corrected chi connectivity index (χ0v) is 17.6. The van der Waals surface area contributed by atoms with E-state index in [1.165, 1.54) is 109 Å². The Labute approximate surface area is 159 Å². The summed E-state index contributed by atoms with van der Waals surface area (Å²) >= 11 is 0. The van der Waals surface area contributed by atoms with Crippen molar-refractivity contribution in [2.75, 3.05) is 0 Å². The lowest BCUT2D eigenvalue weighted by molar-refractivity contribution is 0.209. The van der Waals surface area contributed by atoms with E-state index in [0.29, 0.717) is 0 Å². The predicted molar refractivity (Wildman–Crippen MR) is 113 cm³/mol. The van der Waals surface area contributed by atoms with Gasteiger partial charge in [-0.1, -0.05) is 135 Å². The van der Waals surface area contributed by atoms with E-state index in [-0.39, 0.29) is 0 Å². The first-order chi connectivity index (χ1) is 12.4. The van der Waals surface area contributed by atoms with Gasteiger partial charge >= 0.3 is 0 Å². The molecule has 148 valence electrons. The lowest BCUT2D eigenvalue weighted by Crippen LogP contribution is -2.19. The van der Waals surface area contributed by atoms with E-state index < -0.39 is 0 Å². The van der Waals surface area contributed by atoms with E-state index in [1.54, 1.807) is 25.7 Å². The second-order valence-corrected chi connectivity index (χ2v) is 9.67. The normalized spacial score (nSPS) is 31.1. The van der Waals surface area contributed by atoms with Crippen LogP contribution < -0.4 is 0 Å². The molecule has 2 rings (SSSR count). The summed E-state index contributed by atoms with van der Waals surface area (Å²) < 4.78 is 0. The van der Waals surface area contributed by atoms with Crippen LogP contribution in [0.2, 0.25) is 0 Å². The molecule has 0 aromatic heterocycles. The maximum absolute atomic E-state index is 2.57. The molecule has 0 heteroatoms. The van der Waals surface area contributed by atoms with Gasteiger partial charge in [-0.2, -0.15) is 0 Å². The van der Waals surface area contributed by atoms with Crippen molar-refractivity contribution in [3.05, 3.63) is 0 Å². The van der Waals surface area contributed by atoms with Gasteiger partial charge in [-0.05, 0) is 24.2 Å². The van der Waals surface area contributed by atoms with Gasteiger partial charge in [0.15, 0.2) is 0 Å². The summed E-state index contributed by atoms with van der Waals surface area (Å²) in [5.41, 5.74) is 0. The second kappa shape index (κ2) is 14.1. The number of hydrogen-bond acceptors (Lipinski definition) is 0. The quantitative estimate of drug-likeness (QED) is 0.443. The smallest absolute Gasteiger partial charge is 0.0383 e. The molecule has 0 nitrogen and oxygen atoms in total. The predicted octanol–water partition coefficient (Wildman–Crippen LogP) is 9.07. The van der Waals surface area contributed by atoms with Crippen LogP contribution in [0, 0.1) is 17.8 Å². The maximum Gasteiger partial charge on any atom is -0.0383 e. The van der Waals surface area contributed by atoms with Crippen molar-refractivity contribution in [3.63, 3.8) is 0 Å². The zero-order valence-electron chi connectivity index (χ0n) is 17.6. The van der Waals surface area contributed by atoms with E-state index in [2.05, 4.69) is 6.92 Å². The van der Waals surface area contributed by atoms with Crippen LogP contribution in [-0.2, 0) is 0 Å². The van der Waals surface area contributed by atoms with Crippen LogP contribution in [-0.4, -0.2) is 0 Å². The Morgan fingerprint density at radius 3 is 1.12 bits per heavy atom. The van der Waals surface area contributed by atoms with Crippen LogP contribution in [0.1, 0.15) is 142 Å². The van der Waals surface area contributed by atoms with Crippen molar-refractivity contribution in [2.24, 2.45) is 17.8 Å². The highest BCUT2D eigenvalue weighted by Gasteiger charge is 2.23. The summed E-state index contributed by atoms with van der Waals surface area (Å²) in [7, 11) is 0. The minimum atomic E-state index is 0.975. The first kappa shape index (κ1) is 21.3. The van der Waals surface area contributed by atoms with Gasteiger partial charge in [-0.15, -0.1) is 0 Å². The van der Waals surface area contributed by atoms with Crippen LogP contribution in [0.25, 0.3) is 0 Å². The molecule has 2 aliphatic rings. The van der Waals surface area contributed by atoms with Gasteiger partial charge in [0.2, 0.25) is 0 Å². The van der Waals surface area contributed by atoms with Gasteiger partial charge < -0.3 is 0 Å². The lowest BCUT2D eigenvalue weighted by atomic mass is 9.75. The fourth-order valence-electron chi connectivity index (χ4n) is 5.63. The van der Waals surface area contributed by atoms with E-state index in [4.69, 9.17) is 0 Å². The summed E-state index contributed by atoms with van der Waals surface area (Å²) in [6.45, 7) is 2.57. The molecule has 25 heavy (non-hydrogen) atoms. The molecular weight excluding hydrogens is 300 g/mol. The molecule has 0 N–H and O–H groups in total. The molecule has 2 atom stereocenters. The summed E-state index contributed by atoms with van der Waals surface area (Å²) in [5, 5.41) is 0. The fourth-order valence-corrected chi connectivity index (χ4v) is 5.63. The van der Waals surface area contributed by atoms with Crippen LogP contribution in [0.4, 0.5) is 0 Å². The Hall–Kier alpha value is 0. The number of hydrogen-bond donors (Lipinski definition) is 0. The van der Waals surface area contributed by atoms with E-state index in [9.17, 15) is 0 Å². The van der Waals surface area contributed by atoms with Crippen LogP contribution in [0.5, 0.6) is 0 Å². The van der Waals surface area contributed by atoms with Crippen molar-refractivity contribution < 1.29 is 0 Å². The highest BCUT2D eigenvalue weighted by Crippen LogP contribution is 2.36. The zero-order chi connectivity index (χ0) is 17.6. The van der Waals surface area contributed by atoms with Crippen molar-refractivity contribution in [3.8, 4) is 0 Å². The third kappa shape index (κ3) is 10.0. The summed E-state index contributed by atoms with van der Waals surface area (Å²) in [6.07, 6.45) is 31.8. The first-order valence-corrected chi connectivity index (χ1v) is 12.4. The molecule has 0 aromatic carbocycles. The molecule has 0 heterocycles. The van der Waals surface area contributed by atoms with Gasteiger partial charge in [0, 0.05) is 0 Å².